The van der Waals surface area contributed by atoms with Gasteiger partial charge in [-0.1, -0.05) is 36.4 Å². The lowest BCUT2D eigenvalue weighted by molar-refractivity contribution is -0.117. The maximum Gasteiger partial charge on any atom is 0.238 e. The summed E-state index contributed by atoms with van der Waals surface area (Å²) in [5, 5.41) is 4.70. The summed E-state index contributed by atoms with van der Waals surface area (Å²) in [5.74, 6) is -1.65. The Morgan fingerprint density at radius 3 is 2.56 bits per heavy atom. The highest BCUT2D eigenvalue weighted by atomic mass is 19.1. The van der Waals surface area contributed by atoms with E-state index in [0.717, 1.165) is 34.5 Å². The summed E-state index contributed by atoms with van der Waals surface area (Å²) in [6.07, 6.45) is 0. The molecule has 25 heavy (non-hydrogen) atoms. The van der Waals surface area contributed by atoms with Crippen molar-refractivity contribution in [2.75, 3.05) is 18.9 Å². The molecule has 0 bridgehead atoms. The Bertz CT molecular complexity index is 911. The predicted molar refractivity (Wildman–Crippen MR) is 95.3 cm³/mol. The molecule has 0 aromatic heterocycles. The molecule has 0 aliphatic carbocycles. The van der Waals surface area contributed by atoms with E-state index in [1.165, 1.54) is 0 Å². The van der Waals surface area contributed by atoms with Gasteiger partial charge in [-0.3, -0.25) is 9.69 Å². The Morgan fingerprint density at radius 2 is 1.76 bits per heavy atom. The minimum absolute atomic E-state index is 0.0722. The van der Waals surface area contributed by atoms with Crippen LogP contribution in [0.2, 0.25) is 0 Å². The van der Waals surface area contributed by atoms with E-state index < -0.39 is 17.5 Å². The second kappa shape index (κ2) is 7.40. The van der Waals surface area contributed by atoms with E-state index in [2.05, 4.69) is 11.4 Å². The fourth-order valence-corrected chi connectivity index (χ4v) is 2.73. The van der Waals surface area contributed by atoms with Crippen LogP contribution in [0.15, 0.2) is 60.7 Å². The molecule has 0 unspecified atom stereocenters. The number of halogens is 2. The molecule has 0 saturated heterocycles. The molecule has 1 amide bonds. The van der Waals surface area contributed by atoms with E-state index in [-0.39, 0.29) is 12.2 Å². The van der Waals surface area contributed by atoms with Gasteiger partial charge in [0.15, 0.2) is 0 Å². The molecule has 0 atom stereocenters. The van der Waals surface area contributed by atoms with Crippen molar-refractivity contribution >= 4 is 22.4 Å². The normalized spacial score (nSPS) is 11.0. The first-order valence-corrected chi connectivity index (χ1v) is 7.92. The van der Waals surface area contributed by atoms with Crippen LogP contribution in [0.5, 0.6) is 0 Å². The summed E-state index contributed by atoms with van der Waals surface area (Å²) < 4.78 is 26.7. The number of carbonyl (C=O) groups is 1. The fraction of sp³-hybridized carbons (Fsp3) is 0.150. The third-order valence-electron chi connectivity index (χ3n) is 3.88. The molecule has 3 nitrogen and oxygen atoms in total. The highest BCUT2D eigenvalue weighted by molar-refractivity contribution is 5.92. The second-order valence-electron chi connectivity index (χ2n) is 6.03. The van der Waals surface area contributed by atoms with Crippen molar-refractivity contribution < 1.29 is 13.6 Å². The van der Waals surface area contributed by atoms with E-state index in [1.807, 2.05) is 41.3 Å². The van der Waals surface area contributed by atoms with E-state index >= 15 is 0 Å². The molecule has 0 saturated carbocycles. The SMILES string of the molecule is CN(CC(=O)Nc1cc(F)ccc1F)Cc1ccc2ccccc2c1. The number of hydrogen-bond acceptors (Lipinski definition) is 2. The molecule has 1 N–H and O–H groups in total. The van der Waals surface area contributed by atoms with Gasteiger partial charge in [0.1, 0.15) is 11.6 Å². The van der Waals surface area contributed by atoms with Crippen molar-refractivity contribution in [2.24, 2.45) is 0 Å². The molecular weight excluding hydrogens is 322 g/mol. The van der Waals surface area contributed by atoms with E-state index in [4.69, 9.17) is 0 Å². The quantitative estimate of drug-likeness (QED) is 0.755. The van der Waals surface area contributed by atoms with Crippen LogP contribution in [0, 0.1) is 11.6 Å². The van der Waals surface area contributed by atoms with Gasteiger partial charge in [0.2, 0.25) is 5.91 Å². The number of hydrogen-bond donors (Lipinski definition) is 1. The Balaban J connectivity index is 1.62. The van der Waals surface area contributed by atoms with Crippen LogP contribution in [0.4, 0.5) is 14.5 Å². The summed E-state index contributed by atoms with van der Waals surface area (Å²) >= 11 is 0. The summed E-state index contributed by atoms with van der Waals surface area (Å²) in [6, 6.07) is 17.2. The fourth-order valence-electron chi connectivity index (χ4n) is 2.73. The monoisotopic (exact) mass is 340 g/mol. The molecule has 0 radical (unpaired) electrons. The zero-order chi connectivity index (χ0) is 17.8. The summed E-state index contributed by atoms with van der Waals surface area (Å²) in [5.41, 5.74) is 0.926. The smallest absolute Gasteiger partial charge is 0.238 e. The lowest BCUT2D eigenvalue weighted by atomic mass is 10.1. The maximum absolute atomic E-state index is 13.6. The van der Waals surface area contributed by atoms with Crippen LogP contribution in [0.25, 0.3) is 10.8 Å². The predicted octanol–water partition coefficient (Wildman–Crippen LogP) is 4.19. The van der Waals surface area contributed by atoms with Crippen molar-refractivity contribution in [1.29, 1.82) is 0 Å². The number of nitrogens with zero attached hydrogens (tertiary/aromatic N) is 1. The highest BCUT2D eigenvalue weighted by Crippen LogP contribution is 2.17. The Labute approximate surface area is 144 Å². The Morgan fingerprint density at radius 1 is 1.00 bits per heavy atom. The van der Waals surface area contributed by atoms with E-state index in [0.29, 0.717) is 6.54 Å². The molecule has 3 rings (SSSR count). The van der Waals surface area contributed by atoms with Crippen LogP contribution in [0.3, 0.4) is 0 Å². The first-order chi connectivity index (χ1) is 12.0. The third-order valence-corrected chi connectivity index (χ3v) is 3.88. The summed E-state index contributed by atoms with van der Waals surface area (Å²) in [7, 11) is 1.80. The minimum atomic E-state index is -0.660. The van der Waals surface area contributed by atoms with Crippen LogP contribution in [0.1, 0.15) is 5.56 Å². The lowest BCUT2D eigenvalue weighted by Crippen LogP contribution is -2.30. The van der Waals surface area contributed by atoms with E-state index in [1.54, 1.807) is 7.05 Å². The summed E-state index contributed by atoms with van der Waals surface area (Å²) in [4.78, 5) is 13.9. The zero-order valence-electron chi connectivity index (χ0n) is 13.8. The number of benzene rings is 3. The molecule has 0 fully saturated rings. The first kappa shape index (κ1) is 17.0. The zero-order valence-corrected chi connectivity index (χ0v) is 13.8. The number of anilines is 1. The molecule has 5 heteroatoms. The maximum atomic E-state index is 13.6. The number of amides is 1. The Hall–Kier alpha value is -2.79. The first-order valence-electron chi connectivity index (χ1n) is 7.92. The molecule has 0 aliphatic rings. The number of fused-ring (bicyclic) bond motifs is 1. The summed E-state index contributed by atoms with van der Waals surface area (Å²) in [6.45, 7) is 0.646. The van der Waals surface area contributed by atoms with Crippen LogP contribution < -0.4 is 5.32 Å². The van der Waals surface area contributed by atoms with Gasteiger partial charge < -0.3 is 5.32 Å². The van der Waals surface area contributed by atoms with Gasteiger partial charge in [-0.15, -0.1) is 0 Å². The second-order valence-corrected chi connectivity index (χ2v) is 6.03. The third kappa shape index (κ3) is 4.39. The molecule has 3 aromatic rings. The minimum Gasteiger partial charge on any atom is -0.322 e. The average molecular weight is 340 g/mol. The van der Waals surface area contributed by atoms with Crippen molar-refractivity contribution in [3.05, 3.63) is 77.9 Å². The van der Waals surface area contributed by atoms with Crippen LogP contribution >= 0.6 is 0 Å². The van der Waals surface area contributed by atoms with Crippen molar-refractivity contribution in [1.82, 2.24) is 4.90 Å². The number of nitrogens with one attached hydrogen (secondary N) is 1. The van der Waals surface area contributed by atoms with Gasteiger partial charge in [-0.2, -0.15) is 0 Å². The number of carbonyl (C=O) groups excluding carboxylic acids is 1. The molecule has 0 spiro atoms. The topological polar surface area (TPSA) is 32.3 Å². The average Bonchev–Trinajstić information content (AvgIpc) is 2.58. The Kier molecular flexibility index (Phi) is 5.05. The molecule has 0 heterocycles. The molecular formula is C20H18F2N2O. The van der Waals surface area contributed by atoms with Crippen molar-refractivity contribution in [3.63, 3.8) is 0 Å². The van der Waals surface area contributed by atoms with Crippen LogP contribution in [-0.4, -0.2) is 24.4 Å². The lowest BCUT2D eigenvalue weighted by Gasteiger charge is -2.17. The van der Waals surface area contributed by atoms with Gasteiger partial charge in [-0.25, -0.2) is 8.78 Å². The highest BCUT2D eigenvalue weighted by Gasteiger charge is 2.11. The molecule has 3 aromatic carbocycles. The molecule has 0 aliphatic heterocycles. The largest absolute Gasteiger partial charge is 0.322 e. The van der Waals surface area contributed by atoms with Gasteiger partial charge in [0.05, 0.1) is 12.2 Å². The van der Waals surface area contributed by atoms with Crippen molar-refractivity contribution in [2.45, 2.75) is 6.54 Å². The van der Waals surface area contributed by atoms with Gasteiger partial charge >= 0.3 is 0 Å². The van der Waals surface area contributed by atoms with Crippen molar-refractivity contribution in [3.8, 4) is 0 Å². The van der Waals surface area contributed by atoms with Gasteiger partial charge in [-0.05, 0) is 41.6 Å². The van der Waals surface area contributed by atoms with Crippen LogP contribution in [-0.2, 0) is 11.3 Å². The number of likely N-dealkylation sites (N-methyl/N-ethyl adjacent to an activating group) is 1. The number of rotatable bonds is 5. The molecule has 128 valence electrons. The standard InChI is InChI=1S/C20H18F2N2O/c1-24(12-14-6-7-15-4-2-3-5-16(15)10-14)13-20(25)23-19-11-17(21)8-9-18(19)22/h2-11H,12-13H2,1H3,(H,23,25). The van der Waals surface area contributed by atoms with E-state index in [9.17, 15) is 13.6 Å². The van der Waals surface area contributed by atoms with Gasteiger partial charge in [0, 0.05) is 12.6 Å². The van der Waals surface area contributed by atoms with Gasteiger partial charge in [0.25, 0.3) is 0 Å².